The van der Waals surface area contributed by atoms with Gasteiger partial charge < -0.3 is 0 Å². The third-order valence-electron chi connectivity index (χ3n) is 4.03. The molecule has 1 heterocycles. The molecule has 0 aliphatic carbocycles. The van der Waals surface area contributed by atoms with E-state index in [1.165, 1.54) is 16.7 Å². The van der Waals surface area contributed by atoms with Gasteiger partial charge in [-0.15, -0.1) is 0 Å². The van der Waals surface area contributed by atoms with Gasteiger partial charge in [0.2, 0.25) is 0 Å². The number of hydrogen-bond donors (Lipinski definition) is 0. The molecule has 1 aliphatic heterocycles. The fourth-order valence-electron chi connectivity index (χ4n) is 3.32. The molecule has 2 aromatic rings. The van der Waals surface area contributed by atoms with Crippen molar-refractivity contribution in [3.8, 4) is 11.1 Å². The first kappa shape index (κ1) is 13.3. The van der Waals surface area contributed by atoms with E-state index in [-0.39, 0.29) is 5.41 Å². The van der Waals surface area contributed by atoms with Crippen LogP contribution in [-0.2, 0) is 5.41 Å². The zero-order chi connectivity index (χ0) is 13.8. The van der Waals surface area contributed by atoms with E-state index in [2.05, 4.69) is 68.7 Å². The van der Waals surface area contributed by atoms with E-state index in [9.17, 15) is 0 Å². The number of aryl methyl sites for hydroxylation is 1. The minimum atomic E-state index is -1.72. The van der Waals surface area contributed by atoms with Crippen molar-refractivity contribution in [1.82, 2.24) is 0 Å². The molecule has 0 N–H and O–H groups in total. The van der Waals surface area contributed by atoms with Crippen molar-refractivity contribution in [1.29, 1.82) is 0 Å². The van der Waals surface area contributed by atoms with Crippen molar-refractivity contribution in [2.24, 2.45) is 0 Å². The Labute approximate surface area is 124 Å². The third-order valence-corrected chi connectivity index (χ3v) is 12.8. The number of hydrogen-bond acceptors (Lipinski definition) is 0. The second-order valence-electron chi connectivity index (χ2n) is 6.48. The Morgan fingerprint density at radius 1 is 0.895 bits per heavy atom. The first-order chi connectivity index (χ1) is 8.91. The minimum absolute atomic E-state index is 0.251. The van der Waals surface area contributed by atoms with E-state index in [0.29, 0.717) is 0 Å². The molecule has 3 rings (SSSR count). The van der Waals surface area contributed by atoms with Crippen LogP contribution in [0.25, 0.3) is 11.1 Å². The predicted octanol–water partition coefficient (Wildman–Crippen LogP) is 3.51. The number of fused-ring (bicyclic) bond motifs is 3. The zero-order valence-corrected chi connectivity index (χ0v) is 15.9. The average Bonchev–Trinajstić information content (AvgIpc) is 2.62. The fraction of sp³-hybridized carbons (Fsp3) is 0.333. The summed E-state index contributed by atoms with van der Waals surface area (Å²) in [5.41, 5.74) is 6.40. The van der Waals surface area contributed by atoms with Crippen LogP contribution < -0.4 is 6.54 Å². The molecule has 0 amide bonds. The van der Waals surface area contributed by atoms with Gasteiger partial charge >= 0.3 is 125 Å². The van der Waals surface area contributed by atoms with E-state index in [0.717, 1.165) is 0 Å². The van der Waals surface area contributed by atoms with E-state index in [1.807, 2.05) is 0 Å². The van der Waals surface area contributed by atoms with Crippen molar-refractivity contribution in [2.45, 2.75) is 37.7 Å². The maximum absolute atomic E-state index is 2.55. The summed E-state index contributed by atoms with van der Waals surface area (Å²) >= 11 is -1.72. The fourth-order valence-corrected chi connectivity index (χ4v) is 13.1. The Hall–Kier alpha value is -0.677. The van der Waals surface area contributed by atoms with Gasteiger partial charge in [0.15, 0.2) is 0 Å². The quantitative estimate of drug-likeness (QED) is 0.544. The summed E-state index contributed by atoms with van der Waals surface area (Å²) in [6.45, 7) is 9.35. The van der Waals surface area contributed by atoms with Gasteiger partial charge in [0.05, 0.1) is 0 Å². The van der Waals surface area contributed by atoms with Crippen LogP contribution in [0.15, 0.2) is 36.4 Å². The normalized spacial score (nSPS) is 14.4. The van der Waals surface area contributed by atoms with Gasteiger partial charge in [-0.25, -0.2) is 0 Å². The second-order valence-corrected chi connectivity index (χ2v) is 14.4. The van der Waals surface area contributed by atoms with Crippen molar-refractivity contribution in [3.05, 3.63) is 47.5 Å². The summed E-state index contributed by atoms with van der Waals surface area (Å²) in [5, 5.41) is 0. The molecule has 0 nitrogen and oxygen atoms in total. The van der Waals surface area contributed by atoms with Gasteiger partial charge in [-0.3, -0.25) is 0 Å². The Morgan fingerprint density at radius 3 is 2.26 bits per heavy atom. The Balaban J connectivity index is 2.36. The molecular formula is C18H21Bi. The van der Waals surface area contributed by atoms with Crippen LogP contribution in [-0.4, -0.2) is 21.8 Å². The predicted molar refractivity (Wildman–Crippen MR) is 86.2 cm³/mol. The van der Waals surface area contributed by atoms with Crippen LogP contribution >= 0.6 is 0 Å². The molecule has 0 spiro atoms. The molecule has 0 radical (unpaired) electrons. The number of rotatable bonds is 0. The molecule has 19 heavy (non-hydrogen) atoms. The van der Waals surface area contributed by atoms with Crippen molar-refractivity contribution in [3.63, 3.8) is 0 Å². The van der Waals surface area contributed by atoms with E-state index in [1.54, 1.807) is 12.1 Å². The molecule has 0 saturated heterocycles. The molecule has 0 unspecified atom stereocenters. The molecule has 0 atom stereocenters. The summed E-state index contributed by atoms with van der Waals surface area (Å²) < 4.78 is 5.99. The average molecular weight is 446 g/mol. The van der Waals surface area contributed by atoms with E-state index >= 15 is 0 Å². The SMILES string of the molecule is Cc1ccc2[c](c1C(C)(C)C)[Bi]([CH3])[c]1ccccc1-2. The van der Waals surface area contributed by atoms with Crippen LogP contribution in [0.1, 0.15) is 31.9 Å². The summed E-state index contributed by atoms with van der Waals surface area (Å²) in [6, 6.07) is 13.8. The molecule has 0 aromatic heterocycles. The number of benzene rings is 2. The molecule has 2 aromatic carbocycles. The van der Waals surface area contributed by atoms with Gasteiger partial charge in [-0.1, -0.05) is 0 Å². The van der Waals surface area contributed by atoms with Gasteiger partial charge in [0.1, 0.15) is 0 Å². The van der Waals surface area contributed by atoms with Crippen LogP contribution in [0.2, 0.25) is 4.63 Å². The Kier molecular flexibility index (Phi) is 3.10. The molecule has 0 bridgehead atoms. The standard InChI is InChI=1S/C17H18.CH3.Bi/c1-13-10-11-15(12-16(13)17(2,3)4)14-8-6-5-7-9-14;;/h5-8,10-11H,1-4H3;1H3;. The summed E-state index contributed by atoms with van der Waals surface area (Å²) in [5.74, 6) is 0. The molecule has 0 fully saturated rings. The van der Waals surface area contributed by atoms with E-state index in [4.69, 9.17) is 0 Å². The van der Waals surface area contributed by atoms with Crippen LogP contribution in [0.5, 0.6) is 0 Å². The first-order valence-electron chi connectivity index (χ1n) is 6.88. The van der Waals surface area contributed by atoms with Crippen LogP contribution in [0.4, 0.5) is 0 Å². The Bertz CT molecular complexity index is 647. The molecule has 1 aliphatic rings. The van der Waals surface area contributed by atoms with Crippen molar-refractivity contribution in [2.75, 3.05) is 0 Å². The van der Waals surface area contributed by atoms with E-state index < -0.39 is 21.8 Å². The van der Waals surface area contributed by atoms with Crippen molar-refractivity contribution >= 4 is 28.3 Å². The van der Waals surface area contributed by atoms with Crippen LogP contribution in [0.3, 0.4) is 0 Å². The van der Waals surface area contributed by atoms with Gasteiger partial charge in [-0.05, 0) is 0 Å². The summed E-state index contributed by atoms with van der Waals surface area (Å²) in [7, 11) is 0. The van der Waals surface area contributed by atoms with Gasteiger partial charge in [0, 0.05) is 0 Å². The third kappa shape index (κ3) is 1.98. The monoisotopic (exact) mass is 446 g/mol. The topological polar surface area (TPSA) is 0 Å². The molecule has 1 heteroatoms. The van der Waals surface area contributed by atoms with Gasteiger partial charge in [-0.2, -0.15) is 0 Å². The van der Waals surface area contributed by atoms with Crippen molar-refractivity contribution < 1.29 is 0 Å². The molecule has 0 saturated carbocycles. The summed E-state index contributed by atoms with van der Waals surface area (Å²) in [6.07, 6.45) is 0. The molecular weight excluding hydrogens is 425 g/mol. The molecule has 98 valence electrons. The van der Waals surface area contributed by atoms with Crippen LogP contribution in [0, 0.1) is 6.92 Å². The first-order valence-corrected chi connectivity index (χ1v) is 13.8. The second kappa shape index (κ2) is 4.42. The maximum atomic E-state index is 2.55. The van der Waals surface area contributed by atoms with Gasteiger partial charge in [0.25, 0.3) is 0 Å². The Morgan fingerprint density at radius 2 is 1.58 bits per heavy atom. The summed E-state index contributed by atoms with van der Waals surface area (Å²) in [4.78, 5) is 0. The zero-order valence-electron chi connectivity index (χ0n) is 12.4.